The second-order valence-corrected chi connectivity index (χ2v) is 27.2. The van der Waals surface area contributed by atoms with E-state index in [9.17, 15) is 103 Å². The van der Waals surface area contributed by atoms with Gasteiger partial charge in [-0.1, -0.05) is 92.7 Å². The normalized spacial score (nSPS) is 14.9. The predicted octanol–water partition coefficient (Wildman–Crippen LogP) is -7.52. The van der Waals surface area contributed by atoms with Gasteiger partial charge in [0.25, 0.3) is 0 Å². The number of fused-ring (bicyclic) bond motifs is 1. The largest absolute Gasteiger partial charge is 0.481 e. The van der Waals surface area contributed by atoms with E-state index in [0.29, 0.717) is 59.8 Å². The van der Waals surface area contributed by atoms with Crippen molar-refractivity contribution in [1.29, 1.82) is 0 Å². The zero-order valence-corrected chi connectivity index (χ0v) is 62.9. The molecule has 616 valence electrons. The molecule has 3 aromatic carbocycles. The number of aliphatic hydroxyl groups excluding tert-OH is 5. The van der Waals surface area contributed by atoms with Crippen molar-refractivity contribution in [2.45, 2.75) is 189 Å². The van der Waals surface area contributed by atoms with Gasteiger partial charge in [-0.15, -0.1) is 0 Å². The molecule has 0 saturated heterocycles. The third kappa shape index (κ3) is 32.1. The molecule has 0 bridgehead atoms. The zero-order valence-electron chi connectivity index (χ0n) is 62.9. The van der Waals surface area contributed by atoms with E-state index in [4.69, 9.17) is 22.9 Å². The minimum absolute atomic E-state index is 0.0673. The molecule has 14 amide bonds. The number of hydrogen-bond donors (Lipinski definition) is 24. The number of carbonyl (C=O) groups excluding carboxylic acids is 14. The van der Waals surface area contributed by atoms with Gasteiger partial charge in [0.2, 0.25) is 82.7 Å². The third-order valence-electron chi connectivity index (χ3n) is 17.6. The Hall–Kier alpha value is -11.1. The van der Waals surface area contributed by atoms with Gasteiger partial charge in [-0.2, -0.15) is 0 Å². The van der Waals surface area contributed by atoms with Crippen molar-refractivity contribution >= 4 is 99.6 Å². The Morgan fingerprint density at radius 3 is 1.28 bits per heavy atom. The minimum atomic E-state index is -1.96. The number of nitrogens with one attached hydrogen (secondary N) is 14. The van der Waals surface area contributed by atoms with Crippen LogP contribution in [-0.2, 0) is 91.2 Å². The molecular weight excluding hydrogens is 1460 g/mol. The summed E-state index contributed by atoms with van der Waals surface area (Å²) in [6.45, 7) is 1.43. The van der Waals surface area contributed by atoms with Gasteiger partial charge < -0.3 is 128 Å². The van der Waals surface area contributed by atoms with E-state index in [2.05, 4.69) is 74.1 Å². The van der Waals surface area contributed by atoms with E-state index >= 15 is 0 Å². The summed E-state index contributed by atoms with van der Waals surface area (Å²) in [7, 11) is 0. The summed E-state index contributed by atoms with van der Waals surface area (Å²) in [4.78, 5) is 207. The number of para-hydroxylation sites is 1. The number of aromatic nitrogens is 1. The van der Waals surface area contributed by atoms with Crippen molar-refractivity contribution < 1.29 is 103 Å². The van der Waals surface area contributed by atoms with E-state index in [1.807, 2.05) is 0 Å². The Bertz CT molecular complexity index is 3790. The molecule has 0 aliphatic carbocycles. The molecule has 14 atom stereocenters. The van der Waals surface area contributed by atoms with Crippen LogP contribution in [0.25, 0.3) is 10.9 Å². The molecular formula is C73H108N18O21. The molecule has 39 heteroatoms. The number of carboxylic acid groups (broad SMARTS) is 1. The van der Waals surface area contributed by atoms with Crippen LogP contribution in [0.15, 0.2) is 91.1 Å². The highest BCUT2D eigenvalue weighted by Gasteiger charge is 2.38. The predicted molar refractivity (Wildman–Crippen MR) is 403 cm³/mol. The average molecular weight is 1570 g/mol. The van der Waals surface area contributed by atoms with Crippen LogP contribution >= 0.6 is 0 Å². The second kappa shape index (κ2) is 48.6. The Labute approximate surface area is 645 Å². The first kappa shape index (κ1) is 93.3. The van der Waals surface area contributed by atoms with Gasteiger partial charge in [-0.05, 0) is 107 Å². The summed E-state index contributed by atoms with van der Waals surface area (Å²) in [5.74, 6) is -16.5. The molecule has 0 unspecified atom stereocenters. The van der Waals surface area contributed by atoms with Crippen molar-refractivity contribution in [2.24, 2.45) is 28.9 Å². The van der Waals surface area contributed by atoms with Crippen LogP contribution in [0, 0.1) is 5.92 Å². The molecule has 4 rings (SSSR count). The fourth-order valence-corrected chi connectivity index (χ4v) is 11.3. The molecule has 0 fully saturated rings. The quantitative estimate of drug-likeness (QED) is 0.0183. The molecule has 112 heavy (non-hydrogen) atoms. The third-order valence-corrected chi connectivity index (χ3v) is 17.6. The lowest BCUT2D eigenvalue weighted by Crippen LogP contribution is -2.62. The number of amides is 14. The van der Waals surface area contributed by atoms with E-state index in [-0.39, 0.29) is 45.1 Å². The van der Waals surface area contributed by atoms with Crippen molar-refractivity contribution in [3.05, 3.63) is 108 Å². The number of hydrogen-bond acceptors (Lipinski definition) is 23. The number of rotatable bonds is 51. The van der Waals surface area contributed by atoms with Crippen LogP contribution in [0.4, 0.5) is 0 Å². The Kier molecular flexibility index (Phi) is 40.4. The van der Waals surface area contributed by atoms with Gasteiger partial charge in [0.05, 0.1) is 45.1 Å². The number of carboxylic acids is 1. The molecule has 39 nitrogen and oxygen atoms in total. The van der Waals surface area contributed by atoms with Gasteiger partial charge in [-0.3, -0.25) is 71.9 Å². The second-order valence-electron chi connectivity index (χ2n) is 27.2. The maximum absolute atomic E-state index is 14.8. The highest BCUT2D eigenvalue weighted by molar-refractivity contribution is 6.00. The fourth-order valence-electron chi connectivity index (χ4n) is 11.3. The summed E-state index contributed by atoms with van der Waals surface area (Å²) in [5, 5.41) is 93.4. The van der Waals surface area contributed by atoms with Crippen LogP contribution in [0.3, 0.4) is 0 Å². The first-order valence-electron chi connectivity index (χ1n) is 36.6. The first-order chi connectivity index (χ1) is 53.2. The summed E-state index contributed by atoms with van der Waals surface area (Å²) in [5.41, 5.74) is 24.3. The van der Waals surface area contributed by atoms with Gasteiger partial charge in [0.1, 0.15) is 72.5 Å². The van der Waals surface area contributed by atoms with E-state index in [1.54, 1.807) is 98.8 Å². The molecule has 0 aliphatic rings. The topological polar surface area (TPSA) is 654 Å². The summed E-state index contributed by atoms with van der Waals surface area (Å²) in [6, 6.07) is 3.59. The van der Waals surface area contributed by atoms with Crippen LogP contribution in [-0.4, -0.2) is 255 Å². The number of aromatic amines is 1. The molecule has 1 heterocycles. The maximum atomic E-state index is 14.8. The van der Waals surface area contributed by atoms with Crippen LogP contribution < -0.4 is 92.1 Å². The van der Waals surface area contributed by atoms with E-state index in [0.717, 1.165) is 6.92 Å². The van der Waals surface area contributed by atoms with Crippen LogP contribution in [0.1, 0.15) is 102 Å². The number of aliphatic carboxylic acids is 1. The highest BCUT2D eigenvalue weighted by Crippen LogP contribution is 2.21. The SMILES string of the molecule is CC(C)C[C@H](NC(=O)[C@H](CCC(=O)O)NC(=O)[C@H](CO)NC(=O)[C@H](Cc1ccccc1)NC(=O)[C@H](Cc1ccccc1)NC(=O)[C@H](CO)NC(=O)CNC(=O)[C@@H](N)[C@@H](C)O)C(=O)N[C@@H](Cc1c[nH]c2ccccc12)C(=O)N[C@H](C(=O)N[C@@H](CO)C(=O)NCC(=O)N[C@@H](CCCCN)C(=O)N[C@@H](CCCCN)C(N)=O)[C@@H](C)O. The lowest BCUT2D eigenvalue weighted by molar-refractivity contribution is -0.139. The molecule has 0 radical (unpaired) electrons. The Morgan fingerprint density at radius 1 is 0.411 bits per heavy atom. The Morgan fingerprint density at radius 2 is 0.795 bits per heavy atom. The van der Waals surface area contributed by atoms with Crippen LogP contribution in [0.5, 0.6) is 0 Å². The molecule has 0 spiro atoms. The number of unbranched alkanes of at least 4 members (excludes halogenated alkanes) is 2. The monoisotopic (exact) mass is 1570 g/mol. The number of H-pyrrole nitrogens is 1. The van der Waals surface area contributed by atoms with Gasteiger partial charge in [0.15, 0.2) is 0 Å². The standard InChI is InChI=1S/C73H108N18O21/c1-39(2)29-50(66(105)88-53(32-44-33-78-46-22-12-11-21-45(44)46)69(108)91-61(41(4)96)73(112)90-54(36-92)63(102)79-34-57(97)81-48(24-14-16-28-75)64(103)83-47(62(77)101)23-13-15-27-74)85-65(104)49(25-26-59(99)100)84-71(110)56(38-94)89-68(107)52(31-43-19-9-6-10-20-43)86-67(106)51(30-42-17-7-5-8-18-42)87-70(109)55(37-93)82-58(98)35-80-72(111)60(76)40(3)95/h5-12,17-22,33,39-41,47-56,60-61,78,92-96H,13-16,23-32,34-38,74-76H2,1-4H3,(H2,77,101)(H,79,102)(H,80,111)(H,81,97)(H,82,98)(H,83,103)(H,84,110)(H,85,104)(H,86,106)(H,87,109)(H,88,105)(H,89,107)(H,90,112)(H,91,108)(H,99,100)/t40-,41-,47+,48+,49+,50+,51+,52+,53+,54+,55+,56+,60+,61+/m1/s1. The molecule has 28 N–H and O–H groups in total. The van der Waals surface area contributed by atoms with E-state index < -0.39 is 225 Å². The fraction of sp³-hybridized carbons (Fsp3) is 0.521. The maximum Gasteiger partial charge on any atom is 0.303 e. The first-order valence-corrected chi connectivity index (χ1v) is 36.6. The number of benzene rings is 3. The van der Waals surface area contributed by atoms with Gasteiger partial charge in [-0.25, -0.2) is 0 Å². The average Bonchev–Trinajstić information content (AvgIpc) is 1.67. The summed E-state index contributed by atoms with van der Waals surface area (Å²) < 4.78 is 0. The van der Waals surface area contributed by atoms with Crippen molar-refractivity contribution in [3.63, 3.8) is 0 Å². The molecule has 0 saturated carbocycles. The number of primary amides is 1. The molecule has 0 aliphatic heterocycles. The summed E-state index contributed by atoms with van der Waals surface area (Å²) >= 11 is 0. The van der Waals surface area contributed by atoms with Crippen molar-refractivity contribution in [2.75, 3.05) is 46.0 Å². The van der Waals surface area contributed by atoms with Gasteiger partial charge >= 0.3 is 5.97 Å². The smallest absolute Gasteiger partial charge is 0.303 e. The lowest BCUT2D eigenvalue weighted by Gasteiger charge is -2.29. The van der Waals surface area contributed by atoms with Gasteiger partial charge in [0, 0.05) is 42.8 Å². The molecule has 1 aromatic heterocycles. The minimum Gasteiger partial charge on any atom is -0.481 e. The highest BCUT2D eigenvalue weighted by atomic mass is 16.4. The van der Waals surface area contributed by atoms with Crippen molar-refractivity contribution in [3.8, 4) is 0 Å². The number of carbonyl (C=O) groups is 15. The zero-order chi connectivity index (χ0) is 83.1. The molecule has 4 aromatic rings. The van der Waals surface area contributed by atoms with Crippen LogP contribution in [0.2, 0.25) is 0 Å². The van der Waals surface area contributed by atoms with E-state index in [1.165, 1.54) is 13.1 Å². The van der Waals surface area contributed by atoms with Crippen molar-refractivity contribution in [1.82, 2.24) is 74.1 Å². The lowest BCUT2D eigenvalue weighted by atomic mass is 9.99. The number of nitrogens with two attached hydrogens (primary N) is 4. The number of aliphatic hydroxyl groups is 5. The Balaban J connectivity index is 1.58. The summed E-state index contributed by atoms with van der Waals surface area (Å²) in [6.07, 6.45) is -1.95.